The molecule has 2 aliphatic rings. The lowest BCUT2D eigenvalue weighted by molar-refractivity contribution is -0.142. The topological polar surface area (TPSA) is 143 Å². The molecule has 13 heteroatoms. The molecule has 0 aliphatic carbocycles. The SMILES string of the molecule is CN1N=C2CCN(C(=O)C(CCOc3cncc(F)c3)NC(=O)C(C)(C)NC(=O)OC(C)(C)C)C[C@@]2(Cc2ccccc2)C1=O. The van der Waals surface area contributed by atoms with Crippen LogP contribution in [0.4, 0.5) is 9.18 Å². The largest absolute Gasteiger partial charge is 0.492 e. The number of hydrogen-bond acceptors (Lipinski definition) is 8. The molecule has 2 atom stereocenters. The van der Waals surface area contributed by atoms with Gasteiger partial charge in [0.05, 0.1) is 24.7 Å². The molecule has 12 nitrogen and oxygen atoms in total. The average Bonchev–Trinajstić information content (AvgIpc) is 3.19. The fraction of sp³-hybridized carbons (Fsp3) is 0.500. The number of hydrogen-bond donors (Lipinski definition) is 2. The van der Waals surface area contributed by atoms with Crippen LogP contribution in [0.3, 0.4) is 0 Å². The zero-order valence-electron chi connectivity index (χ0n) is 26.6. The van der Waals surface area contributed by atoms with Gasteiger partial charge >= 0.3 is 6.09 Å². The third-order valence-corrected chi connectivity index (χ3v) is 7.61. The number of likely N-dealkylation sites (tertiary alicyclic amines) is 1. The van der Waals surface area contributed by atoms with E-state index < -0.39 is 46.3 Å². The van der Waals surface area contributed by atoms with Crippen LogP contribution in [0, 0.1) is 11.2 Å². The van der Waals surface area contributed by atoms with E-state index in [0.29, 0.717) is 18.6 Å². The van der Waals surface area contributed by atoms with Crippen molar-refractivity contribution in [2.75, 3.05) is 26.7 Å². The summed E-state index contributed by atoms with van der Waals surface area (Å²) in [7, 11) is 1.61. The molecule has 1 saturated heterocycles. The Labute approximate surface area is 262 Å². The maximum Gasteiger partial charge on any atom is 0.408 e. The third-order valence-electron chi connectivity index (χ3n) is 7.61. The van der Waals surface area contributed by atoms with Gasteiger partial charge in [0.1, 0.15) is 34.2 Å². The Bertz CT molecular complexity index is 1460. The Morgan fingerprint density at radius 2 is 1.82 bits per heavy atom. The van der Waals surface area contributed by atoms with Crippen LogP contribution in [0.5, 0.6) is 5.75 Å². The van der Waals surface area contributed by atoms with Crippen LogP contribution in [-0.2, 0) is 25.5 Å². The molecule has 0 radical (unpaired) electrons. The quantitative estimate of drug-likeness (QED) is 0.414. The minimum absolute atomic E-state index is 0.0145. The Kier molecular flexibility index (Phi) is 9.79. The molecule has 4 rings (SSSR count). The number of carbonyl (C=O) groups excluding carboxylic acids is 4. The second kappa shape index (κ2) is 13.2. The van der Waals surface area contributed by atoms with E-state index in [1.165, 1.54) is 25.1 Å². The van der Waals surface area contributed by atoms with Gasteiger partial charge in [-0.3, -0.25) is 19.4 Å². The summed E-state index contributed by atoms with van der Waals surface area (Å²) in [6.07, 6.45) is 2.35. The molecular weight excluding hydrogens is 583 g/mol. The molecule has 2 aromatic rings. The predicted molar refractivity (Wildman–Crippen MR) is 164 cm³/mol. The molecule has 1 aromatic heterocycles. The molecule has 3 heterocycles. The Hall–Kier alpha value is -4.55. The van der Waals surface area contributed by atoms with Gasteiger partial charge in [-0.1, -0.05) is 30.3 Å². The standard InChI is InChI=1S/C32H41FN6O6/c1-30(2,3)45-29(43)36-31(4,5)27(41)35-24(13-15-44-23-16-22(33)18-34-19-23)26(40)39-14-12-25-32(20-39,28(42)38(6)37-25)17-21-10-8-7-9-11-21/h7-11,16,18-19,24H,12-15,17,20H2,1-6H3,(H,35,41)(H,36,43)/t24?,32-/m1/s1. The highest BCUT2D eigenvalue weighted by Crippen LogP contribution is 2.38. The van der Waals surface area contributed by atoms with Crippen molar-refractivity contribution in [3.63, 3.8) is 0 Å². The molecule has 0 saturated carbocycles. The predicted octanol–water partition coefficient (Wildman–Crippen LogP) is 3.07. The summed E-state index contributed by atoms with van der Waals surface area (Å²) in [5.41, 5.74) is -1.63. The first kappa shape index (κ1) is 33.3. The molecule has 1 fully saturated rings. The number of pyridine rings is 1. The number of nitrogens with one attached hydrogen (secondary N) is 2. The number of rotatable bonds is 10. The average molecular weight is 625 g/mol. The van der Waals surface area contributed by atoms with Crippen molar-refractivity contribution in [1.29, 1.82) is 0 Å². The van der Waals surface area contributed by atoms with Crippen LogP contribution in [-0.4, -0.2) is 88.3 Å². The van der Waals surface area contributed by atoms with Crippen LogP contribution in [0.25, 0.3) is 0 Å². The van der Waals surface area contributed by atoms with Crippen molar-refractivity contribution in [1.82, 2.24) is 25.5 Å². The van der Waals surface area contributed by atoms with Crippen molar-refractivity contribution in [3.8, 4) is 5.75 Å². The van der Waals surface area contributed by atoms with Crippen LogP contribution in [0.1, 0.15) is 53.0 Å². The number of halogens is 1. The van der Waals surface area contributed by atoms with Crippen LogP contribution in [0.15, 0.2) is 53.9 Å². The van der Waals surface area contributed by atoms with Gasteiger partial charge < -0.3 is 25.0 Å². The smallest absolute Gasteiger partial charge is 0.408 e. The maximum atomic E-state index is 14.1. The lowest BCUT2D eigenvalue weighted by Gasteiger charge is -2.41. The van der Waals surface area contributed by atoms with Crippen molar-refractivity contribution in [3.05, 3.63) is 60.2 Å². The summed E-state index contributed by atoms with van der Waals surface area (Å²) >= 11 is 0. The number of aromatic nitrogens is 1. The van der Waals surface area contributed by atoms with Crippen molar-refractivity contribution in [2.24, 2.45) is 10.5 Å². The first-order chi connectivity index (χ1) is 21.1. The summed E-state index contributed by atoms with van der Waals surface area (Å²) in [5, 5.41) is 11.2. The second-order valence-corrected chi connectivity index (χ2v) is 12.9. The zero-order chi connectivity index (χ0) is 33.0. The number of amides is 4. The van der Waals surface area contributed by atoms with Gasteiger partial charge in [-0.2, -0.15) is 5.10 Å². The van der Waals surface area contributed by atoms with Gasteiger partial charge in [0, 0.05) is 39.0 Å². The Balaban J connectivity index is 1.55. The summed E-state index contributed by atoms with van der Waals surface area (Å²) < 4.78 is 24.6. The van der Waals surface area contributed by atoms with Gasteiger partial charge in [0.2, 0.25) is 11.8 Å². The monoisotopic (exact) mass is 624 g/mol. The molecular formula is C32H41FN6O6. The van der Waals surface area contributed by atoms with E-state index in [1.54, 1.807) is 32.7 Å². The Morgan fingerprint density at radius 1 is 1.11 bits per heavy atom. The molecule has 242 valence electrons. The van der Waals surface area contributed by atoms with Crippen LogP contribution >= 0.6 is 0 Å². The fourth-order valence-corrected chi connectivity index (χ4v) is 5.41. The summed E-state index contributed by atoms with van der Waals surface area (Å²) in [6, 6.07) is 9.61. The third kappa shape index (κ3) is 8.14. The molecule has 2 N–H and O–H groups in total. The van der Waals surface area contributed by atoms with Crippen LogP contribution < -0.4 is 15.4 Å². The normalized spacial score (nSPS) is 18.9. The number of carbonyl (C=O) groups is 4. The van der Waals surface area contributed by atoms with E-state index in [2.05, 4.69) is 20.7 Å². The number of piperidine rings is 1. The maximum absolute atomic E-state index is 14.1. The molecule has 45 heavy (non-hydrogen) atoms. The van der Waals surface area contributed by atoms with Gasteiger partial charge in [-0.25, -0.2) is 14.2 Å². The lowest BCUT2D eigenvalue weighted by Crippen LogP contribution is -2.62. The number of fused-ring (bicyclic) bond motifs is 1. The highest BCUT2D eigenvalue weighted by atomic mass is 19.1. The van der Waals surface area contributed by atoms with Crippen molar-refractivity contribution >= 4 is 29.5 Å². The minimum atomic E-state index is -1.45. The zero-order valence-corrected chi connectivity index (χ0v) is 26.6. The van der Waals surface area contributed by atoms with Crippen molar-refractivity contribution in [2.45, 2.75) is 71.1 Å². The van der Waals surface area contributed by atoms with E-state index in [-0.39, 0.29) is 37.8 Å². The highest BCUT2D eigenvalue weighted by Gasteiger charge is 2.54. The number of hydrazone groups is 1. The van der Waals surface area contributed by atoms with E-state index >= 15 is 0 Å². The number of ether oxygens (including phenoxy) is 2. The first-order valence-electron chi connectivity index (χ1n) is 14.8. The lowest BCUT2D eigenvalue weighted by atomic mass is 9.73. The first-order valence-corrected chi connectivity index (χ1v) is 14.8. The summed E-state index contributed by atoms with van der Waals surface area (Å²) in [4.78, 5) is 59.0. The van der Waals surface area contributed by atoms with Gasteiger partial charge in [-0.15, -0.1) is 0 Å². The van der Waals surface area contributed by atoms with E-state index in [0.717, 1.165) is 17.8 Å². The fourth-order valence-electron chi connectivity index (χ4n) is 5.41. The molecule has 0 spiro atoms. The van der Waals surface area contributed by atoms with Gasteiger partial charge in [0.15, 0.2) is 0 Å². The second-order valence-electron chi connectivity index (χ2n) is 12.9. The molecule has 1 aromatic carbocycles. The Morgan fingerprint density at radius 3 is 2.49 bits per heavy atom. The van der Waals surface area contributed by atoms with E-state index in [4.69, 9.17) is 9.47 Å². The van der Waals surface area contributed by atoms with Gasteiger partial charge in [0.25, 0.3) is 5.91 Å². The summed E-state index contributed by atoms with van der Waals surface area (Å²) in [6.45, 7) is 8.40. The van der Waals surface area contributed by atoms with E-state index in [1.807, 2.05) is 30.3 Å². The van der Waals surface area contributed by atoms with E-state index in [9.17, 15) is 23.6 Å². The van der Waals surface area contributed by atoms with Crippen molar-refractivity contribution < 1.29 is 33.0 Å². The van der Waals surface area contributed by atoms with Gasteiger partial charge in [-0.05, 0) is 46.6 Å². The number of benzene rings is 1. The van der Waals surface area contributed by atoms with Crippen LogP contribution in [0.2, 0.25) is 0 Å². The molecule has 1 unspecified atom stereocenters. The number of alkyl carbamates (subject to hydrolysis) is 1. The minimum Gasteiger partial charge on any atom is -0.492 e. The summed E-state index contributed by atoms with van der Waals surface area (Å²) in [5.74, 6) is -1.67. The highest BCUT2D eigenvalue weighted by molar-refractivity contribution is 6.13. The molecule has 2 aliphatic heterocycles. The molecule has 4 amide bonds. The number of nitrogens with zero attached hydrogens (tertiary/aromatic N) is 4. The molecule has 0 bridgehead atoms.